The van der Waals surface area contributed by atoms with Crippen molar-refractivity contribution in [1.82, 2.24) is 14.7 Å². The molecule has 10 nitrogen and oxygen atoms in total. The summed E-state index contributed by atoms with van der Waals surface area (Å²) in [4.78, 5) is 38.5. The lowest BCUT2D eigenvalue weighted by molar-refractivity contribution is 0.0863. The molecule has 4 rings (SSSR count). The second-order valence-corrected chi connectivity index (χ2v) is 9.23. The predicted octanol–water partition coefficient (Wildman–Crippen LogP) is 2.97. The molecule has 0 saturated carbocycles. The van der Waals surface area contributed by atoms with Gasteiger partial charge in [0.15, 0.2) is 0 Å². The van der Waals surface area contributed by atoms with E-state index in [9.17, 15) is 18.0 Å². The Morgan fingerprint density at radius 2 is 1.74 bits per heavy atom. The number of rotatable bonds is 8. The van der Waals surface area contributed by atoms with Crippen molar-refractivity contribution in [2.75, 3.05) is 10.0 Å². The quantitative estimate of drug-likeness (QED) is 0.371. The Bertz CT molecular complexity index is 1510. The van der Waals surface area contributed by atoms with Crippen LogP contribution in [0.1, 0.15) is 15.9 Å². The number of carbonyl (C=O) groups is 1. The van der Waals surface area contributed by atoms with Gasteiger partial charge in [0.1, 0.15) is 12.2 Å². The Hall–Kier alpha value is -4.22. The summed E-state index contributed by atoms with van der Waals surface area (Å²) in [5.74, 6) is -0.745. The molecule has 0 fully saturated rings. The SMILES string of the molecule is O=C(Nc1ccc(S(=O)(=O)Nc2ncccn2)cc1)c1cccn(OCc2cccc(Cl)c2)c1=O. The molecular weight excluding hydrogens is 494 g/mol. The van der Waals surface area contributed by atoms with Crippen molar-refractivity contribution in [3.8, 4) is 0 Å². The summed E-state index contributed by atoms with van der Waals surface area (Å²) in [6, 6.07) is 16.8. The molecule has 2 aromatic carbocycles. The number of nitrogens with zero attached hydrogens (tertiary/aromatic N) is 3. The standard InChI is InChI=1S/C23H18ClN5O5S/c24-17-5-1-4-16(14-17)15-34-29-13-2-6-20(22(29)31)21(30)27-18-7-9-19(10-8-18)35(32,33)28-23-25-11-3-12-26-23/h1-14H,15H2,(H,27,30)(H,25,26,28). The maximum absolute atomic E-state index is 12.7. The molecule has 2 N–H and O–H groups in total. The smallest absolute Gasteiger partial charge is 0.295 e. The summed E-state index contributed by atoms with van der Waals surface area (Å²) in [6.07, 6.45) is 4.21. The Balaban J connectivity index is 1.44. The van der Waals surface area contributed by atoms with Crippen molar-refractivity contribution < 1.29 is 18.0 Å². The van der Waals surface area contributed by atoms with Crippen LogP contribution in [0.15, 0.2) is 95.0 Å². The lowest BCUT2D eigenvalue weighted by Gasteiger charge is -2.11. The van der Waals surface area contributed by atoms with Crippen molar-refractivity contribution in [1.29, 1.82) is 0 Å². The Kier molecular flexibility index (Phi) is 7.09. The Morgan fingerprint density at radius 1 is 1.00 bits per heavy atom. The lowest BCUT2D eigenvalue weighted by Crippen LogP contribution is -2.32. The van der Waals surface area contributed by atoms with Crippen molar-refractivity contribution in [2.45, 2.75) is 11.5 Å². The molecule has 0 aliphatic heterocycles. The van der Waals surface area contributed by atoms with Crippen LogP contribution >= 0.6 is 11.6 Å². The van der Waals surface area contributed by atoms with Gasteiger partial charge in [0, 0.05) is 29.3 Å². The van der Waals surface area contributed by atoms with Crippen molar-refractivity contribution in [3.63, 3.8) is 0 Å². The molecule has 0 radical (unpaired) electrons. The number of nitrogens with one attached hydrogen (secondary N) is 2. The third-order valence-electron chi connectivity index (χ3n) is 4.63. The molecule has 2 heterocycles. The zero-order valence-electron chi connectivity index (χ0n) is 18.0. The molecule has 4 aromatic rings. The minimum absolute atomic E-state index is 0.0561. The molecular formula is C23H18ClN5O5S. The summed E-state index contributed by atoms with van der Waals surface area (Å²) >= 11 is 5.95. The minimum atomic E-state index is -3.92. The van der Waals surface area contributed by atoms with Gasteiger partial charge in [-0.3, -0.25) is 9.59 Å². The molecule has 2 aromatic heterocycles. The van der Waals surface area contributed by atoms with Gasteiger partial charge in [-0.15, -0.1) is 0 Å². The van der Waals surface area contributed by atoms with Crippen molar-refractivity contribution >= 4 is 39.2 Å². The van der Waals surface area contributed by atoms with Gasteiger partial charge in [0.2, 0.25) is 5.95 Å². The first-order chi connectivity index (χ1) is 16.8. The molecule has 0 bridgehead atoms. The highest BCUT2D eigenvalue weighted by Crippen LogP contribution is 2.17. The van der Waals surface area contributed by atoms with Gasteiger partial charge < -0.3 is 10.2 Å². The zero-order chi connectivity index (χ0) is 24.8. The second-order valence-electron chi connectivity index (χ2n) is 7.11. The molecule has 1 amide bonds. The van der Waals surface area contributed by atoms with E-state index < -0.39 is 21.5 Å². The maximum Gasteiger partial charge on any atom is 0.295 e. The number of anilines is 2. The van der Waals surface area contributed by atoms with E-state index in [1.165, 1.54) is 55.0 Å². The molecule has 0 aliphatic carbocycles. The van der Waals surface area contributed by atoms with Gasteiger partial charge in [0.25, 0.3) is 21.5 Å². The van der Waals surface area contributed by atoms with Crippen LogP contribution in [-0.4, -0.2) is 29.0 Å². The average molecular weight is 512 g/mol. The summed E-state index contributed by atoms with van der Waals surface area (Å²) in [5, 5.41) is 3.11. The van der Waals surface area contributed by atoms with Crippen LogP contribution in [-0.2, 0) is 16.6 Å². The molecule has 35 heavy (non-hydrogen) atoms. The number of sulfonamides is 1. The fourth-order valence-electron chi connectivity index (χ4n) is 2.97. The molecule has 178 valence electrons. The summed E-state index contributed by atoms with van der Waals surface area (Å²) in [6.45, 7) is 0.0729. The molecule has 0 atom stereocenters. The van der Waals surface area contributed by atoms with E-state index in [1.807, 2.05) is 0 Å². The average Bonchev–Trinajstić information content (AvgIpc) is 2.84. The van der Waals surface area contributed by atoms with Crippen LogP contribution in [0.3, 0.4) is 0 Å². The van der Waals surface area contributed by atoms with Crippen LogP contribution in [0.4, 0.5) is 11.6 Å². The van der Waals surface area contributed by atoms with Crippen LogP contribution < -0.4 is 20.4 Å². The number of amides is 1. The van der Waals surface area contributed by atoms with E-state index in [4.69, 9.17) is 16.4 Å². The highest BCUT2D eigenvalue weighted by atomic mass is 35.5. The fraction of sp³-hybridized carbons (Fsp3) is 0.0435. The van der Waals surface area contributed by atoms with Gasteiger partial charge in [-0.1, -0.05) is 23.7 Å². The predicted molar refractivity (Wildman–Crippen MR) is 130 cm³/mol. The maximum atomic E-state index is 12.7. The highest BCUT2D eigenvalue weighted by Gasteiger charge is 2.17. The number of pyridine rings is 1. The van der Waals surface area contributed by atoms with Crippen molar-refractivity contribution in [3.05, 3.63) is 112 Å². The summed E-state index contributed by atoms with van der Waals surface area (Å²) in [5.41, 5.74) is 0.235. The number of aromatic nitrogens is 3. The van der Waals surface area contributed by atoms with Crippen LogP contribution in [0.2, 0.25) is 5.02 Å². The van der Waals surface area contributed by atoms with Crippen LogP contribution in [0, 0.1) is 0 Å². The minimum Gasteiger partial charge on any atom is -0.406 e. The Labute approximate surface area is 205 Å². The number of halogens is 1. The number of benzene rings is 2. The van der Waals surface area contributed by atoms with Gasteiger partial charge in [-0.2, -0.15) is 4.73 Å². The fourth-order valence-corrected chi connectivity index (χ4v) is 4.14. The summed E-state index contributed by atoms with van der Waals surface area (Å²) < 4.78 is 28.2. The lowest BCUT2D eigenvalue weighted by atomic mass is 10.2. The normalized spacial score (nSPS) is 11.0. The number of hydrogen-bond donors (Lipinski definition) is 2. The van der Waals surface area contributed by atoms with Crippen LogP contribution in [0.5, 0.6) is 0 Å². The van der Waals surface area contributed by atoms with Gasteiger partial charge in [0.05, 0.1) is 4.90 Å². The largest absolute Gasteiger partial charge is 0.406 e. The molecule has 0 aliphatic rings. The zero-order valence-corrected chi connectivity index (χ0v) is 19.5. The first-order valence-electron chi connectivity index (χ1n) is 10.1. The van der Waals surface area contributed by atoms with E-state index in [1.54, 1.807) is 30.3 Å². The molecule has 0 saturated heterocycles. The van der Waals surface area contributed by atoms with E-state index in [0.29, 0.717) is 10.7 Å². The first kappa shape index (κ1) is 23.9. The monoisotopic (exact) mass is 511 g/mol. The van der Waals surface area contributed by atoms with E-state index in [-0.39, 0.29) is 23.0 Å². The Morgan fingerprint density at radius 3 is 2.46 bits per heavy atom. The molecule has 12 heteroatoms. The summed E-state index contributed by atoms with van der Waals surface area (Å²) in [7, 11) is -3.92. The van der Waals surface area contributed by atoms with E-state index >= 15 is 0 Å². The van der Waals surface area contributed by atoms with Crippen LogP contribution in [0.25, 0.3) is 0 Å². The molecule has 0 spiro atoms. The second kappa shape index (κ2) is 10.4. The van der Waals surface area contributed by atoms with Crippen molar-refractivity contribution in [2.24, 2.45) is 0 Å². The number of carbonyl (C=O) groups excluding carboxylic acids is 1. The topological polar surface area (TPSA) is 132 Å². The third-order valence-corrected chi connectivity index (χ3v) is 6.21. The third kappa shape index (κ3) is 6.02. The van der Waals surface area contributed by atoms with Gasteiger partial charge in [-0.05, 0) is 60.2 Å². The van der Waals surface area contributed by atoms with Gasteiger partial charge in [-0.25, -0.2) is 23.1 Å². The van der Waals surface area contributed by atoms with Gasteiger partial charge >= 0.3 is 0 Å². The molecule has 0 unspecified atom stereocenters. The van der Waals surface area contributed by atoms with E-state index in [0.717, 1.165) is 10.3 Å². The highest BCUT2D eigenvalue weighted by molar-refractivity contribution is 7.92. The van der Waals surface area contributed by atoms with E-state index in [2.05, 4.69) is 20.0 Å². The first-order valence-corrected chi connectivity index (χ1v) is 12.0. The number of hydrogen-bond acceptors (Lipinski definition) is 7.